The molecule has 2 N–H and O–H groups in total. The van der Waals surface area contributed by atoms with Crippen LogP contribution in [0.3, 0.4) is 0 Å². The molecule has 0 unspecified atom stereocenters. The van der Waals surface area contributed by atoms with E-state index in [-0.39, 0.29) is 11.3 Å². The molecule has 2 aromatic carbocycles. The topological polar surface area (TPSA) is 121 Å². The number of hydrogen-bond donors (Lipinski definition) is 2. The lowest BCUT2D eigenvalue weighted by atomic mass is 10.2. The van der Waals surface area contributed by atoms with Crippen molar-refractivity contribution < 1.29 is 46.8 Å². The molecule has 0 aromatic heterocycles. The van der Waals surface area contributed by atoms with Gasteiger partial charge in [-0.25, -0.2) is 0 Å². The number of halogens is 2. The minimum atomic E-state index is -3.04. The third kappa shape index (κ3) is 7.52. The molecule has 2 rings (SSSR count). The standard InChI is InChI=1S/C21H22F2N2O8/c1-29-15-8-13(9-16(30-2)19(15)31-3)25-17(26)11-32-18(27)10-24-20(28)12-5-4-6-14(7-12)33-21(22)23/h4-9,21H,10-11H2,1-3H3,(H,24,28)(H,25,26). The van der Waals surface area contributed by atoms with Crippen LogP contribution in [0.5, 0.6) is 23.0 Å². The van der Waals surface area contributed by atoms with Gasteiger partial charge in [-0.05, 0) is 18.2 Å². The van der Waals surface area contributed by atoms with Crippen LogP contribution in [-0.2, 0) is 14.3 Å². The number of rotatable bonds is 11. The average Bonchev–Trinajstić information content (AvgIpc) is 2.80. The number of benzene rings is 2. The summed E-state index contributed by atoms with van der Waals surface area (Å²) in [4.78, 5) is 36.0. The molecule has 178 valence electrons. The van der Waals surface area contributed by atoms with Gasteiger partial charge in [-0.2, -0.15) is 8.78 Å². The molecule has 0 saturated heterocycles. The summed E-state index contributed by atoms with van der Waals surface area (Å²) in [6.07, 6.45) is 0. The molecular formula is C21H22F2N2O8. The predicted molar refractivity (Wildman–Crippen MR) is 111 cm³/mol. The van der Waals surface area contributed by atoms with Gasteiger partial charge < -0.3 is 34.3 Å². The third-order valence-electron chi connectivity index (χ3n) is 4.03. The van der Waals surface area contributed by atoms with Gasteiger partial charge in [-0.1, -0.05) is 6.07 Å². The van der Waals surface area contributed by atoms with Crippen molar-refractivity contribution in [2.24, 2.45) is 0 Å². The van der Waals surface area contributed by atoms with E-state index in [0.717, 1.165) is 6.07 Å². The number of amides is 2. The Labute approximate surface area is 187 Å². The molecule has 0 heterocycles. The van der Waals surface area contributed by atoms with Crippen LogP contribution in [0.2, 0.25) is 0 Å². The van der Waals surface area contributed by atoms with E-state index in [1.165, 1.54) is 51.7 Å². The van der Waals surface area contributed by atoms with Crippen molar-refractivity contribution in [1.82, 2.24) is 5.32 Å². The molecule has 0 saturated carbocycles. The summed E-state index contributed by atoms with van der Waals surface area (Å²) in [6.45, 7) is -4.20. The number of esters is 1. The summed E-state index contributed by atoms with van der Waals surface area (Å²) >= 11 is 0. The molecule has 10 nitrogen and oxygen atoms in total. The number of hydrogen-bond acceptors (Lipinski definition) is 8. The summed E-state index contributed by atoms with van der Waals surface area (Å²) in [5, 5.41) is 4.78. The molecule has 33 heavy (non-hydrogen) atoms. The lowest BCUT2D eigenvalue weighted by molar-refractivity contribution is -0.146. The zero-order valence-corrected chi connectivity index (χ0v) is 18.0. The maximum atomic E-state index is 12.3. The smallest absolute Gasteiger partial charge is 0.387 e. The zero-order valence-electron chi connectivity index (χ0n) is 18.0. The molecule has 2 amide bonds. The highest BCUT2D eigenvalue weighted by Gasteiger charge is 2.16. The van der Waals surface area contributed by atoms with Crippen molar-refractivity contribution in [3.8, 4) is 23.0 Å². The van der Waals surface area contributed by atoms with Crippen LogP contribution in [0.1, 0.15) is 10.4 Å². The molecule has 0 aliphatic carbocycles. The highest BCUT2D eigenvalue weighted by Crippen LogP contribution is 2.39. The minimum Gasteiger partial charge on any atom is -0.493 e. The van der Waals surface area contributed by atoms with E-state index < -0.39 is 37.5 Å². The Morgan fingerprint density at radius 1 is 0.970 bits per heavy atom. The number of carbonyl (C=O) groups excluding carboxylic acids is 3. The predicted octanol–water partition coefficient (Wildman–Crippen LogP) is 2.23. The van der Waals surface area contributed by atoms with E-state index in [1.807, 2.05) is 0 Å². The van der Waals surface area contributed by atoms with Crippen LogP contribution in [0.15, 0.2) is 36.4 Å². The Bertz CT molecular complexity index is 975. The molecule has 0 fully saturated rings. The fourth-order valence-electron chi connectivity index (χ4n) is 2.62. The number of ether oxygens (including phenoxy) is 5. The Balaban J connectivity index is 1.85. The maximum Gasteiger partial charge on any atom is 0.387 e. The summed E-state index contributed by atoms with van der Waals surface area (Å²) in [6, 6.07) is 8.03. The highest BCUT2D eigenvalue weighted by molar-refractivity contribution is 5.97. The number of anilines is 1. The Kier molecular flexibility index (Phi) is 9.21. The normalized spacial score (nSPS) is 10.2. The maximum absolute atomic E-state index is 12.3. The van der Waals surface area contributed by atoms with Gasteiger partial charge in [0.05, 0.1) is 21.3 Å². The Hall–Kier alpha value is -4.09. The second-order valence-corrected chi connectivity index (χ2v) is 6.21. The molecule has 0 aliphatic rings. The van der Waals surface area contributed by atoms with Gasteiger partial charge in [0.15, 0.2) is 18.1 Å². The van der Waals surface area contributed by atoms with Gasteiger partial charge >= 0.3 is 12.6 Å². The fraction of sp³-hybridized carbons (Fsp3) is 0.286. The first-order chi connectivity index (χ1) is 15.8. The number of methoxy groups -OCH3 is 3. The monoisotopic (exact) mass is 468 g/mol. The first-order valence-electron chi connectivity index (χ1n) is 9.36. The van der Waals surface area contributed by atoms with Crippen molar-refractivity contribution in [3.63, 3.8) is 0 Å². The lowest BCUT2D eigenvalue weighted by Gasteiger charge is -2.14. The molecular weight excluding hydrogens is 446 g/mol. The largest absolute Gasteiger partial charge is 0.493 e. The number of carbonyl (C=O) groups is 3. The van der Waals surface area contributed by atoms with Gasteiger partial charge in [0.2, 0.25) is 5.75 Å². The molecule has 0 spiro atoms. The summed E-state index contributed by atoms with van der Waals surface area (Å²) in [5.74, 6) is -1.49. The van der Waals surface area contributed by atoms with Crippen molar-refractivity contribution in [1.29, 1.82) is 0 Å². The van der Waals surface area contributed by atoms with Crippen LogP contribution >= 0.6 is 0 Å². The van der Waals surface area contributed by atoms with Crippen LogP contribution < -0.4 is 29.6 Å². The van der Waals surface area contributed by atoms with E-state index in [4.69, 9.17) is 18.9 Å². The minimum absolute atomic E-state index is 0.00101. The number of nitrogens with one attached hydrogen (secondary N) is 2. The average molecular weight is 468 g/mol. The molecule has 0 bridgehead atoms. The van der Waals surface area contributed by atoms with Gasteiger partial charge in [0.25, 0.3) is 11.8 Å². The summed E-state index contributed by atoms with van der Waals surface area (Å²) < 4.78 is 49.1. The van der Waals surface area contributed by atoms with Crippen molar-refractivity contribution in [2.45, 2.75) is 6.61 Å². The van der Waals surface area contributed by atoms with Crippen LogP contribution in [0.25, 0.3) is 0 Å². The van der Waals surface area contributed by atoms with E-state index in [9.17, 15) is 23.2 Å². The number of alkyl halides is 2. The second kappa shape index (κ2) is 12.1. The highest BCUT2D eigenvalue weighted by atomic mass is 19.3. The first-order valence-corrected chi connectivity index (χ1v) is 9.36. The van der Waals surface area contributed by atoms with E-state index in [0.29, 0.717) is 22.9 Å². The lowest BCUT2D eigenvalue weighted by Crippen LogP contribution is -2.32. The van der Waals surface area contributed by atoms with Crippen LogP contribution in [0, 0.1) is 0 Å². The van der Waals surface area contributed by atoms with Gasteiger partial charge in [-0.15, -0.1) is 0 Å². The fourth-order valence-corrected chi connectivity index (χ4v) is 2.62. The quantitative estimate of drug-likeness (QED) is 0.482. The Morgan fingerprint density at radius 3 is 2.21 bits per heavy atom. The van der Waals surface area contributed by atoms with Gasteiger partial charge in [0.1, 0.15) is 12.3 Å². The van der Waals surface area contributed by atoms with Crippen molar-refractivity contribution >= 4 is 23.5 Å². The molecule has 0 atom stereocenters. The first kappa shape index (κ1) is 25.2. The zero-order chi connectivity index (χ0) is 24.4. The van der Waals surface area contributed by atoms with Crippen molar-refractivity contribution in [3.05, 3.63) is 42.0 Å². The Morgan fingerprint density at radius 2 is 1.64 bits per heavy atom. The van der Waals surface area contributed by atoms with Gasteiger partial charge in [-0.3, -0.25) is 14.4 Å². The molecule has 2 aromatic rings. The molecule has 0 radical (unpaired) electrons. The summed E-state index contributed by atoms with van der Waals surface area (Å²) in [7, 11) is 4.27. The van der Waals surface area contributed by atoms with Crippen LogP contribution in [-0.4, -0.2) is 58.9 Å². The van der Waals surface area contributed by atoms with Crippen molar-refractivity contribution in [2.75, 3.05) is 39.8 Å². The second-order valence-electron chi connectivity index (χ2n) is 6.21. The summed E-state index contributed by atoms with van der Waals surface area (Å²) in [5.41, 5.74) is 0.311. The van der Waals surface area contributed by atoms with E-state index in [2.05, 4.69) is 15.4 Å². The SMILES string of the molecule is COc1cc(NC(=O)COC(=O)CNC(=O)c2cccc(OC(F)F)c2)cc(OC)c1OC. The van der Waals surface area contributed by atoms with E-state index >= 15 is 0 Å². The van der Waals surface area contributed by atoms with Gasteiger partial charge in [0, 0.05) is 23.4 Å². The van der Waals surface area contributed by atoms with E-state index in [1.54, 1.807) is 0 Å². The molecule has 0 aliphatic heterocycles. The third-order valence-corrected chi connectivity index (χ3v) is 4.03. The van der Waals surface area contributed by atoms with Crippen LogP contribution in [0.4, 0.5) is 14.5 Å². The molecule has 12 heteroatoms.